The summed E-state index contributed by atoms with van der Waals surface area (Å²) in [5, 5.41) is 23.2. The maximum atomic E-state index is 13.0. The van der Waals surface area contributed by atoms with Crippen LogP contribution in [-0.2, 0) is 6.54 Å². The summed E-state index contributed by atoms with van der Waals surface area (Å²) in [5.74, 6) is -0.206. The van der Waals surface area contributed by atoms with E-state index >= 15 is 0 Å². The third-order valence-corrected chi connectivity index (χ3v) is 7.17. The van der Waals surface area contributed by atoms with Crippen LogP contribution in [0, 0.1) is 0 Å². The Kier molecular flexibility index (Phi) is 8.22. The second-order valence-electron chi connectivity index (χ2n) is 8.72. The molecule has 1 aliphatic rings. The summed E-state index contributed by atoms with van der Waals surface area (Å²) >= 11 is 7.38. The molecule has 0 unspecified atom stereocenters. The Morgan fingerprint density at radius 2 is 2.03 bits per heavy atom. The molecule has 12 heteroatoms. The Morgan fingerprint density at radius 3 is 2.69 bits per heavy atom. The van der Waals surface area contributed by atoms with Gasteiger partial charge in [0.2, 0.25) is 0 Å². The molecule has 0 atom stereocenters. The molecule has 3 N–H and O–H groups in total. The van der Waals surface area contributed by atoms with Crippen LogP contribution < -0.4 is 10.6 Å². The third-order valence-electron chi connectivity index (χ3n) is 5.92. The lowest BCUT2D eigenvalue weighted by molar-refractivity contribution is 0.0893. The van der Waals surface area contributed by atoms with Crippen molar-refractivity contribution in [3.63, 3.8) is 0 Å². The first kappa shape index (κ1) is 25.4. The largest absolute Gasteiger partial charge is 0.395 e. The molecule has 0 aromatic carbocycles. The van der Waals surface area contributed by atoms with E-state index in [9.17, 15) is 9.59 Å². The zero-order valence-corrected chi connectivity index (χ0v) is 21.2. The molecule has 2 amide bonds. The van der Waals surface area contributed by atoms with Gasteiger partial charge < -0.3 is 25.2 Å². The molecule has 1 aliphatic heterocycles. The highest BCUT2D eigenvalue weighted by molar-refractivity contribution is 7.19. The van der Waals surface area contributed by atoms with Gasteiger partial charge in [-0.2, -0.15) is 5.10 Å². The number of carbonyl (C=O) groups is 2. The van der Waals surface area contributed by atoms with Crippen LogP contribution in [0.5, 0.6) is 0 Å². The predicted molar refractivity (Wildman–Crippen MR) is 133 cm³/mol. The molecule has 35 heavy (non-hydrogen) atoms. The van der Waals surface area contributed by atoms with Crippen molar-refractivity contribution >= 4 is 34.8 Å². The number of aromatic nitrogens is 3. The smallest absolute Gasteiger partial charge is 0.272 e. The number of nitrogens with zero attached hydrogens (tertiary/aromatic N) is 4. The Bertz CT molecular complexity index is 1160. The summed E-state index contributed by atoms with van der Waals surface area (Å²) in [4.78, 5) is 28.9. The van der Waals surface area contributed by atoms with Crippen LogP contribution in [-0.4, -0.2) is 75.1 Å². The predicted octanol–water partition coefficient (Wildman–Crippen LogP) is 2.63. The number of piperidine rings is 1. The van der Waals surface area contributed by atoms with Gasteiger partial charge >= 0.3 is 0 Å². The molecule has 1 saturated heterocycles. The van der Waals surface area contributed by atoms with Gasteiger partial charge in [-0.15, -0.1) is 11.3 Å². The minimum atomic E-state index is -0.440. The minimum Gasteiger partial charge on any atom is -0.395 e. The van der Waals surface area contributed by atoms with Gasteiger partial charge in [-0.3, -0.25) is 14.3 Å². The molecular weight excluding hydrogens is 492 g/mol. The van der Waals surface area contributed by atoms with Crippen LogP contribution >= 0.6 is 22.9 Å². The first-order valence-corrected chi connectivity index (χ1v) is 12.8. The van der Waals surface area contributed by atoms with Crippen molar-refractivity contribution < 1.29 is 19.2 Å². The normalized spacial score (nSPS) is 15.0. The Balaban J connectivity index is 1.49. The van der Waals surface area contributed by atoms with Crippen molar-refractivity contribution in [2.45, 2.75) is 45.3 Å². The highest BCUT2D eigenvalue weighted by Crippen LogP contribution is 2.31. The molecule has 4 rings (SSSR count). The van der Waals surface area contributed by atoms with Crippen LogP contribution in [0.4, 0.5) is 0 Å². The lowest BCUT2D eigenvalue weighted by Gasteiger charge is -2.34. The number of thiophene rings is 1. The first-order chi connectivity index (χ1) is 16.8. The number of likely N-dealkylation sites (tertiary alicyclic amines) is 1. The number of hydrogen-bond acceptors (Lipinski definition) is 8. The molecule has 0 aliphatic carbocycles. The fourth-order valence-electron chi connectivity index (χ4n) is 4.01. The van der Waals surface area contributed by atoms with Crippen LogP contribution in [0.3, 0.4) is 0 Å². The molecule has 4 heterocycles. The summed E-state index contributed by atoms with van der Waals surface area (Å²) in [5.41, 5.74) is 0.887. The Labute approximate surface area is 212 Å². The molecule has 0 radical (unpaired) electrons. The third kappa shape index (κ3) is 6.29. The fraction of sp³-hybridized carbons (Fsp3) is 0.478. The van der Waals surface area contributed by atoms with E-state index in [4.69, 9.17) is 21.2 Å². The average Bonchev–Trinajstić information content (AvgIpc) is 3.58. The summed E-state index contributed by atoms with van der Waals surface area (Å²) < 4.78 is 7.49. The van der Waals surface area contributed by atoms with E-state index in [1.54, 1.807) is 12.1 Å². The number of carbonyl (C=O) groups excluding carboxylic acids is 2. The molecule has 3 aromatic heterocycles. The van der Waals surface area contributed by atoms with Gasteiger partial charge in [-0.1, -0.05) is 16.8 Å². The van der Waals surface area contributed by atoms with Crippen LogP contribution in [0.15, 0.2) is 28.8 Å². The average molecular weight is 521 g/mol. The zero-order valence-electron chi connectivity index (χ0n) is 19.7. The van der Waals surface area contributed by atoms with Gasteiger partial charge in [0.15, 0.2) is 11.5 Å². The van der Waals surface area contributed by atoms with Crippen molar-refractivity contribution in [2.24, 2.45) is 0 Å². The molecule has 0 saturated carbocycles. The number of amides is 2. The van der Waals surface area contributed by atoms with E-state index in [1.165, 1.54) is 22.1 Å². The highest BCUT2D eigenvalue weighted by atomic mass is 35.5. The lowest BCUT2D eigenvalue weighted by Crippen LogP contribution is -2.46. The summed E-state index contributed by atoms with van der Waals surface area (Å²) in [6.07, 6.45) is 1.73. The van der Waals surface area contributed by atoms with Gasteiger partial charge in [0.25, 0.3) is 11.8 Å². The number of rotatable bonds is 9. The number of halogens is 1. The van der Waals surface area contributed by atoms with Crippen molar-refractivity contribution in [3.8, 4) is 10.6 Å². The quantitative estimate of drug-likeness (QED) is 0.396. The Morgan fingerprint density at radius 1 is 1.26 bits per heavy atom. The monoisotopic (exact) mass is 520 g/mol. The van der Waals surface area contributed by atoms with E-state index in [0.717, 1.165) is 30.8 Å². The van der Waals surface area contributed by atoms with E-state index in [-0.39, 0.29) is 43.0 Å². The molecule has 0 spiro atoms. The fourth-order valence-corrected chi connectivity index (χ4v) is 5.00. The van der Waals surface area contributed by atoms with Gasteiger partial charge in [0, 0.05) is 43.9 Å². The molecular formula is C23H29ClN6O4S. The molecule has 1 fully saturated rings. The molecule has 188 valence electrons. The number of aliphatic hydroxyl groups excluding tert-OH is 1. The van der Waals surface area contributed by atoms with E-state index in [1.807, 2.05) is 6.07 Å². The van der Waals surface area contributed by atoms with Gasteiger partial charge in [-0.25, -0.2) is 0 Å². The summed E-state index contributed by atoms with van der Waals surface area (Å²) in [6.45, 7) is 6.21. The first-order valence-electron chi connectivity index (χ1n) is 11.6. The molecule has 10 nitrogen and oxygen atoms in total. The standard InChI is InChI=1S/C23H29ClN6O4S/c1-14(2)29-8-5-15(6-9-29)26-22(32)17-12-18(23(33)25-7-10-31)30(27-17)13-16-11-19(34-28-16)20-3-4-21(24)35-20/h3-4,11-12,14-15,31H,5-10,13H2,1-2H3,(H,25,33)(H,26,32). The van der Waals surface area contributed by atoms with Crippen molar-refractivity contribution in [3.05, 3.63) is 45.7 Å². The van der Waals surface area contributed by atoms with E-state index in [0.29, 0.717) is 21.8 Å². The number of nitrogens with one attached hydrogen (secondary N) is 2. The SMILES string of the molecule is CC(C)N1CCC(NC(=O)c2cc(C(=O)NCCO)n(Cc3cc(-c4ccc(Cl)s4)on3)n2)CC1. The van der Waals surface area contributed by atoms with E-state index < -0.39 is 5.91 Å². The molecule has 0 bridgehead atoms. The maximum Gasteiger partial charge on any atom is 0.272 e. The Hall–Kier alpha value is -2.73. The van der Waals surface area contributed by atoms with Gasteiger partial charge in [0.1, 0.15) is 11.4 Å². The molecule has 3 aromatic rings. The highest BCUT2D eigenvalue weighted by Gasteiger charge is 2.25. The van der Waals surface area contributed by atoms with Crippen LogP contribution in [0.1, 0.15) is 53.4 Å². The topological polar surface area (TPSA) is 126 Å². The second kappa shape index (κ2) is 11.3. The van der Waals surface area contributed by atoms with Crippen molar-refractivity contribution in [1.29, 1.82) is 0 Å². The van der Waals surface area contributed by atoms with Crippen LogP contribution in [0.2, 0.25) is 4.34 Å². The van der Waals surface area contributed by atoms with Crippen LogP contribution in [0.25, 0.3) is 10.6 Å². The second-order valence-corrected chi connectivity index (χ2v) is 10.4. The van der Waals surface area contributed by atoms with E-state index in [2.05, 4.69) is 39.6 Å². The zero-order chi connectivity index (χ0) is 24.9. The minimum absolute atomic E-state index is 0.0602. The number of hydrogen-bond donors (Lipinski definition) is 3. The summed E-state index contributed by atoms with van der Waals surface area (Å²) in [7, 11) is 0. The van der Waals surface area contributed by atoms with Gasteiger partial charge in [-0.05, 0) is 38.8 Å². The van der Waals surface area contributed by atoms with Gasteiger partial charge in [0.05, 0.1) is 22.4 Å². The van der Waals surface area contributed by atoms with Crippen molar-refractivity contribution in [2.75, 3.05) is 26.2 Å². The maximum absolute atomic E-state index is 13.0. The number of aliphatic hydroxyl groups is 1. The lowest BCUT2D eigenvalue weighted by atomic mass is 10.0. The van der Waals surface area contributed by atoms with Crippen molar-refractivity contribution in [1.82, 2.24) is 30.5 Å². The summed E-state index contributed by atoms with van der Waals surface area (Å²) in [6, 6.07) is 7.37.